The highest BCUT2D eigenvalue weighted by molar-refractivity contribution is 5.81. The summed E-state index contributed by atoms with van der Waals surface area (Å²) in [5, 5.41) is 9.38. The van der Waals surface area contributed by atoms with Crippen LogP contribution in [0.25, 0.3) is 0 Å². The van der Waals surface area contributed by atoms with Crippen molar-refractivity contribution in [2.45, 2.75) is 43.4 Å². The molecule has 102 valence electrons. The van der Waals surface area contributed by atoms with Gasteiger partial charge in [-0.05, 0) is 18.9 Å². The lowest BCUT2D eigenvalue weighted by molar-refractivity contribution is -0.164. The van der Waals surface area contributed by atoms with Gasteiger partial charge in [0.2, 0.25) is 0 Å². The molecule has 1 aromatic rings. The maximum atomic E-state index is 11.4. The fourth-order valence-corrected chi connectivity index (χ4v) is 2.88. The number of carboxylic acid groups (broad SMARTS) is 1. The van der Waals surface area contributed by atoms with Crippen molar-refractivity contribution in [2.24, 2.45) is 0 Å². The number of rotatable bonds is 3. The molecule has 0 spiro atoms. The van der Waals surface area contributed by atoms with Gasteiger partial charge in [0, 0.05) is 17.8 Å². The Morgan fingerprint density at radius 3 is 2.63 bits per heavy atom. The van der Waals surface area contributed by atoms with Gasteiger partial charge in [-0.15, -0.1) is 0 Å². The molecule has 1 saturated heterocycles. The van der Waals surface area contributed by atoms with E-state index in [-0.39, 0.29) is 13.2 Å². The lowest BCUT2D eigenvalue weighted by Crippen LogP contribution is -2.54. The van der Waals surface area contributed by atoms with Gasteiger partial charge in [0.05, 0.1) is 13.2 Å². The molecule has 0 radical (unpaired) electrons. The molecule has 0 unspecified atom stereocenters. The van der Waals surface area contributed by atoms with Crippen molar-refractivity contribution in [3.05, 3.63) is 23.8 Å². The van der Waals surface area contributed by atoms with Crippen LogP contribution in [0.2, 0.25) is 0 Å². The molecule has 1 N–H and O–H groups in total. The largest absolute Gasteiger partial charge is 0.480 e. The van der Waals surface area contributed by atoms with Gasteiger partial charge < -0.3 is 9.84 Å². The fourth-order valence-electron chi connectivity index (χ4n) is 2.88. The normalized spacial score (nSPS) is 22.7. The smallest absolute Gasteiger partial charge is 0.322 e. The fraction of sp³-hybridized carbons (Fsp3) is 0.643. The predicted octanol–water partition coefficient (Wildman–Crippen LogP) is 1.88. The molecule has 3 rings (SSSR count). The van der Waals surface area contributed by atoms with Crippen molar-refractivity contribution in [3.63, 3.8) is 0 Å². The second kappa shape index (κ2) is 4.89. The van der Waals surface area contributed by atoms with E-state index < -0.39 is 11.4 Å². The number of aromatic nitrogens is 2. The third-order valence-electron chi connectivity index (χ3n) is 4.23. The summed E-state index contributed by atoms with van der Waals surface area (Å²) >= 11 is 0. The van der Waals surface area contributed by atoms with Crippen LogP contribution in [0.5, 0.6) is 0 Å². The second-order valence-electron chi connectivity index (χ2n) is 5.52. The Kier molecular flexibility index (Phi) is 3.22. The Bertz CT molecular complexity index is 479. The van der Waals surface area contributed by atoms with Crippen molar-refractivity contribution in [1.82, 2.24) is 9.97 Å². The molecule has 2 heterocycles. The minimum atomic E-state index is -1.02. The van der Waals surface area contributed by atoms with Gasteiger partial charge in [0.25, 0.3) is 0 Å². The molecule has 0 bridgehead atoms. The third-order valence-corrected chi connectivity index (χ3v) is 4.23. The third kappa shape index (κ3) is 2.12. The number of carbonyl (C=O) groups is 1. The van der Waals surface area contributed by atoms with Crippen LogP contribution in [0, 0.1) is 0 Å². The number of nitrogens with zero attached hydrogens (tertiary/aromatic N) is 2. The van der Waals surface area contributed by atoms with Crippen LogP contribution < -0.4 is 0 Å². The quantitative estimate of drug-likeness (QED) is 0.900. The molecule has 19 heavy (non-hydrogen) atoms. The van der Waals surface area contributed by atoms with E-state index in [2.05, 4.69) is 9.97 Å². The van der Waals surface area contributed by atoms with E-state index in [0.717, 1.165) is 18.5 Å². The van der Waals surface area contributed by atoms with E-state index in [0.29, 0.717) is 11.7 Å². The zero-order valence-electron chi connectivity index (χ0n) is 10.8. The molecule has 1 saturated carbocycles. The van der Waals surface area contributed by atoms with E-state index in [9.17, 15) is 9.90 Å². The number of ether oxygens (including phenoxy) is 1. The van der Waals surface area contributed by atoms with Crippen molar-refractivity contribution in [2.75, 3.05) is 13.2 Å². The van der Waals surface area contributed by atoms with E-state index in [1.54, 1.807) is 6.20 Å². The highest BCUT2D eigenvalue weighted by Gasteiger charge is 2.50. The van der Waals surface area contributed by atoms with Crippen molar-refractivity contribution >= 4 is 5.97 Å². The van der Waals surface area contributed by atoms with Gasteiger partial charge in [0.15, 0.2) is 11.2 Å². The second-order valence-corrected chi connectivity index (χ2v) is 5.52. The summed E-state index contributed by atoms with van der Waals surface area (Å²) in [6, 6.07) is 1.93. The first-order chi connectivity index (χ1) is 9.22. The lowest BCUT2D eigenvalue weighted by atomic mass is 9.84. The van der Waals surface area contributed by atoms with E-state index in [1.807, 2.05) is 6.07 Å². The van der Waals surface area contributed by atoms with Crippen LogP contribution in [-0.4, -0.2) is 34.3 Å². The first-order valence-corrected chi connectivity index (χ1v) is 6.87. The molecule has 0 atom stereocenters. The van der Waals surface area contributed by atoms with Gasteiger partial charge in [-0.2, -0.15) is 0 Å². The molecular formula is C14H18N2O3. The summed E-state index contributed by atoms with van der Waals surface area (Å²) in [4.78, 5) is 20.1. The Morgan fingerprint density at radius 1 is 1.32 bits per heavy atom. The molecule has 1 aliphatic carbocycles. The van der Waals surface area contributed by atoms with Crippen LogP contribution in [-0.2, 0) is 14.9 Å². The zero-order chi connectivity index (χ0) is 13.3. The minimum absolute atomic E-state index is 0.177. The van der Waals surface area contributed by atoms with Gasteiger partial charge >= 0.3 is 5.97 Å². The van der Waals surface area contributed by atoms with Crippen LogP contribution >= 0.6 is 0 Å². The predicted molar refractivity (Wildman–Crippen MR) is 68.0 cm³/mol. The SMILES string of the molecule is O=C(O)C1(c2nccc(C3CCCCC3)n2)COC1. The summed E-state index contributed by atoms with van der Waals surface area (Å²) in [5.41, 5.74) is -0.0257. The summed E-state index contributed by atoms with van der Waals surface area (Å²) in [7, 11) is 0. The molecule has 1 aliphatic heterocycles. The molecule has 2 aliphatic rings. The van der Waals surface area contributed by atoms with Crippen molar-refractivity contribution in [1.29, 1.82) is 0 Å². The number of hydrogen-bond acceptors (Lipinski definition) is 4. The summed E-state index contributed by atoms with van der Waals surface area (Å²) in [6.45, 7) is 0.354. The molecule has 1 aromatic heterocycles. The topological polar surface area (TPSA) is 72.3 Å². The molecular weight excluding hydrogens is 244 g/mol. The molecule has 2 fully saturated rings. The lowest BCUT2D eigenvalue weighted by Gasteiger charge is -2.36. The van der Waals surface area contributed by atoms with E-state index in [1.165, 1.54) is 19.3 Å². The average molecular weight is 262 g/mol. The first kappa shape index (κ1) is 12.5. The van der Waals surface area contributed by atoms with Gasteiger partial charge in [0.1, 0.15) is 0 Å². The number of carboxylic acids is 1. The average Bonchev–Trinajstić information content (AvgIpc) is 2.38. The summed E-state index contributed by atoms with van der Waals surface area (Å²) < 4.78 is 5.08. The maximum absolute atomic E-state index is 11.4. The molecule has 0 aromatic carbocycles. The highest BCUT2D eigenvalue weighted by atomic mass is 16.5. The van der Waals surface area contributed by atoms with Crippen molar-refractivity contribution in [3.8, 4) is 0 Å². The first-order valence-electron chi connectivity index (χ1n) is 6.87. The molecule has 5 heteroatoms. The molecule has 0 amide bonds. The standard InChI is InChI=1S/C14H18N2O3/c17-13(18)14(8-19-9-14)12-15-7-6-11(16-12)10-4-2-1-3-5-10/h6-7,10H,1-5,8-9H2,(H,17,18). The van der Waals surface area contributed by atoms with Gasteiger partial charge in [-0.3, -0.25) is 4.79 Å². The van der Waals surface area contributed by atoms with Gasteiger partial charge in [-0.1, -0.05) is 19.3 Å². The number of aliphatic carboxylic acids is 1. The Labute approximate surface area is 112 Å². The van der Waals surface area contributed by atoms with E-state index in [4.69, 9.17) is 4.74 Å². The minimum Gasteiger partial charge on any atom is -0.480 e. The van der Waals surface area contributed by atoms with Crippen LogP contribution in [0.4, 0.5) is 0 Å². The Morgan fingerprint density at radius 2 is 2.05 bits per heavy atom. The van der Waals surface area contributed by atoms with Crippen LogP contribution in [0.15, 0.2) is 12.3 Å². The monoisotopic (exact) mass is 262 g/mol. The Balaban J connectivity index is 1.89. The van der Waals surface area contributed by atoms with E-state index >= 15 is 0 Å². The van der Waals surface area contributed by atoms with Crippen LogP contribution in [0.3, 0.4) is 0 Å². The van der Waals surface area contributed by atoms with Crippen LogP contribution in [0.1, 0.15) is 49.5 Å². The van der Waals surface area contributed by atoms with Crippen molar-refractivity contribution < 1.29 is 14.6 Å². The summed E-state index contributed by atoms with van der Waals surface area (Å²) in [6.07, 6.45) is 7.74. The molecule has 5 nitrogen and oxygen atoms in total. The zero-order valence-corrected chi connectivity index (χ0v) is 10.8. The van der Waals surface area contributed by atoms with Gasteiger partial charge in [-0.25, -0.2) is 9.97 Å². The maximum Gasteiger partial charge on any atom is 0.322 e. The Hall–Kier alpha value is -1.49. The highest BCUT2D eigenvalue weighted by Crippen LogP contribution is 2.34. The number of hydrogen-bond donors (Lipinski definition) is 1. The summed E-state index contributed by atoms with van der Waals surface area (Å²) in [5.74, 6) is -0.0174.